The Morgan fingerprint density at radius 2 is 1.95 bits per heavy atom. The summed E-state index contributed by atoms with van der Waals surface area (Å²) in [7, 11) is 0. The summed E-state index contributed by atoms with van der Waals surface area (Å²) in [5, 5.41) is 18.1. The summed E-state index contributed by atoms with van der Waals surface area (Å²) < 4.78 is 0. The molecule has 0 radical (unpaired) electrons. The van der Waals surface area contributed by atoms with Crippen LogP contribution in [0.4, 0.5) is 4.79 Å². The van der Waals surface area contributed by atoms with E-state index in [9.17, 15) is 14.7 Å². The average Bonchev–Trinajstić information content (AvgIpc) is 3.20. The Bertz CT molecular complexity index is 344. The van der Waals surface area contributed by atoms with Gasteiger partial charge in [-0.1, -0.05) is 0 Å². The Hall–Kier alpha value is -1.30. The molecule has 1 unspecified atom stereocenters. The third-order valence-electron chi connectivity index (χ3n) is 3.82. The van der Waals surface area contributed by atoms with Crippen LogP contribution in [0.1, 0.15) is 25.7 Å². The first-order chi connectivity index (χ1) is 9.10. The minimum absolute atomic E-state index is 0.0886. The number of hydrogen-bond acceptors (Lipinski definition) is 3. The normalized spacial score (nSPS) is 23.2. The van der Waals surface area contributed by atoms with E-state index < -0.39 is 5.97 Å². The van der Waals surface area contributed by atoms with Crippen LogP contribution in [0.5, 0.6) is 0 Å². The number of piperidine rings is 1. The first-order valence-electron chi connectivity index (χ1n) is 6.96. The van der Waals surface area contributed by atoms with E-state index in [-0.39, 0.29) is 25.1 Å². The third kappa shape index (κ3) is 4.09. The molecule has 1 heterocycles. The zero-order valence-electron chi connectivity index (χ0n) is 11.1. The molecule has 2 N–H and O–H groups in total. The number of aliphatic hydroxyl groups is 1. The van der Waals surface area contributed by atoms with E-state index in [4.69, 9.17) is 5.11 Å². The quantitative estimate of drug-likeness (QED) is 0.767. The second kappa shape index (κ2) is 6.23. The number of aliphatic hydroxyl groups excluding tert-OH is 1. The first kappa shape index (κ1) is 14.1. The molecule has 0 spiro atoms. The molecule has 2 rings (SSSR count). The van der Waals surface area contributed by atoms with Gasteiger partial charge in [0, 0.05) is 26.2 Å². The molecule has 1 atom stereocenters. The number of carbonyl (C=O) groups is 2. The van der Waals surface area contributed by atoms with Gasteiger partial charge in [-0.05, 0) is 37.5 Å². The molecular formula is C13H22N2O4. The Morgan fingerprint density at radius 1 is 1.21 bits per heavy atom. The van der Waals surface area contributed by atoms with Crippen molar-refractivity contribution in [2.75, 3.05) is 32.8 Å². The molecule has 0 bridgehead atoms. The van der Waals surface area contributed by atoms with Crippen LogP contribution in [0.2, 0.25) is 0 Å². The van der Waals surface area contributed by atoms with Gasteiger partial charge in [-0.2, -0.15) is 0 Å². The number of carboxylic acid groups (broad SMARTS) is 1. The molecule has 2 aliphatic rings. The summed E-state index contributed by atoms with van der Waals surface area (Å²) in [5.41, 5.74) is 0. The lowest BCUT2D eigenvalue weighted by atomic mass is 9.99. The van der Waals surface area contributed by atoms with Crippen LogP contribution in [0.15, 0.2) is 0 Å². The van der Waals surface area contributed by atoms with E-state index in [0.29, 0.717) is 25.6 Å². The fraction of sp³-hybridized carbons (Fsp3) is 0.846. The van der Waals surface area contributed by atoms with Crippen LogP contribution in [0.3, 0.4) is 0 Å². The molecule has 0 aromatic carbocycles. The van der Waals surface area contributed by atoms with Gasteiger partial charge in [-0.3, -0.25) is 4.79 Å². The van der Waals surface area contributed by atoms with Crippen LogP contribution in [-0.4, -0.2) is 64.8 Å². The molecule has 1 aliphatic carbocycles. The molecule has 1 saturated carbocycles. The van der Waals surface area contributed by atoms with Gasteiger partial charge in [0.2, 0.25) is 0 Å². The topological polar surface area (TPSA) is 81.1 Å². The van der Waals surface area contributed by atoms with Gasteiger partial charge in [0.1, 0.15) is 6.54 Å². The van der Waals surface area contributed by atoms with E-state index in [1.165, 1.54) is 4.90 Å². The lowest BCUT2D eigenvalue weighted by Crippen LogP contribution is -2.50. The van der Waals surface area contributed by atoms with Crippen molar-refractivity contribution < 1.29 is 19.8 Å². The van der Waals surface area contributed by atoms with Crippen molar-refractivity contribution in [2.45, 2.75) is 25.7 Å². The second-order valence-electron chi connectivity index (χ2n) is 5.64. The van der Waals surface area contributed by atoms with Crippen LogP contribution >= 0.6 is 0 Å². The van der Waals surface area contributed by atoms with Gasteiger partial charge in [0.05, 0.1) is 0 Å². The molecule has 0 aromatic heterocycles. The van der Waals surface area contributed by atoms with Crippen LogP contribution < -0.4 is 0 Å². The second-order valence-corrected chi connectivity index (χ2v) is 5.64. The van der Waals surface area contributed by atoms with Crippen molar-refractivity contribution in [2.24, 2.45) is 11.8 Å². The zero-order valence-corrected chi connectivity index (χ0v) is 11.1. The molecule has 19 heavy (non-hydrogen) atoms. The molecule has 0 aromatic rings. The van der Waals surface area contributed by atoms with E-state index in [1.807, 2.05) is 0 Å². The number of aliphatic carboxylic acids is 1. The number of urea groups is 1. The monoisotopic (exact) mass is 270 g/mol. The van der Waals surface area contributed by atoms with E-state index in [2.05, 4.69) is 0 Å². The zero-order chi connectivity index (χ0) is 13.8. The van der Waals surface area contributed by atoms with Crippen molar-refractivity contribution in [3.63, 3.8) is 0 Å². The molecule has 1 saturated heterocycles. The predicted molar refractivity (Wildman–Crippen MR) is 68.7 cm³/mol. The minimum Gasteiger partial charge on any atom is -0.480 e. The molecule has 6 nitrogen and oxygen atoms in total. The van der Waals surface area contributed by atoms with Gasteiger partial charge in [-0.25, -0.2) is 4.79 Å². The summed E-state index contributed by atoms with van der Waals surface area (Å²) in [6.07, 6.45) is 3.98. The van der Waals surface area contributed by atoms with Crippen molar-refractivity contribution >= 4 is 12.0 Å². The number of likely N-dealkylation sites (tertiary alicyclic amines) is 1. The molecule has 1 aliphatic heterocycles. The highest BCUT2D eigenvalue weighted by molar-refractivity contribution is 5.80. The van der Waals surface area contributed by atoms with Gasteiger partial charge in [0.25, 0.3) is 0 Å². The molecule has 2 amide bonds. The summed E-state index contributed by atoms with van der Waals surface area (Å²) in [6.45, 7) is 1.61. The van der Waals surface area contributed by atoms with Gasteiger partial charge in [-0.15, -0.1) is 0 Å². The van der Waals surface area contributed by atoms with Gasteiger partial charge < -0.3 is 20.0 Å². The highest BCUT2D eigenvalue weighted by Crippen LogP contribution is 2.30. The number of amides is 2. The lowest BCUT2D eigenvalue weighted by molar-refractivity contribution is -0.137. The van der Waals surface area contributed by atoms with Crippen molar-refractivity contribution in [3.05, 3.63) is 0 Å². The standard InChI is InChI=1S/C13H22N2O4/c16-9-11-2-1-5-14(7-11)13(19)15(8-12(17)18)6-10-3-4-10/h10-11,16H,1-9H2,(H,17,18). The number of carboxylic acids is 1. The Labute approximate surface area is 113 Å². The minimum atomic E-state index is -0.968. The number of nitrogens with zero attached hydrogens (tertiary/aromatic N) is 2. The fourth-order valence-corrected chi connectivity index (χ4v) is 2.57. The van der Waals surface area contributed by atoms with E-state index in [0.717, 1.165) is 25.7 Å². The third-order valence-corrected chi connectivity index (χ3v) is 3.82. The summed E-state index contributed by atoms with van der Waals surface area (Å²) in [4.78, 5) is 26.4. The number of hydrogen-bond donors (Lipinski definition) is 2. The average molecular weight is 270 g/mol. The van der Waals surface area contributed by atoms with Crippen molar-refractivity contribution in [1.29, 1.82) is 0 Å². The first-order valence-corrected chi connectivity index (χ1v) is 6.96. The van der Waals surface area contributed by atoms with E-state index >= 15 is 0 Å². The maximum absolute atomic E-state index is 12.4. The molecule has 6 heteroatoms. The van der Waals surface area contributed by atoms with Gasteiger partial charge in [0.15, 0.2) is 0 Å². The maximum atomic E-state index is 12.4. The van der Waals surface area contributed by atoms with E-state index in [1.54, 1.807) is 4.90 Å². The SMILES string of the molecule is O=C(O)CN(CC1CC1)C(=O)N1CCCC(CO)C1. The highest BCUT2D eigenvalue weighted by atomic mass is 16.4. The summed E-state index contributed by atoms with van der Waals surface area (Å²) >= 11 is 0. The predicted octanol–water partition coefficient (Wildman–Crippen LogP) is 0.607. The lowest BCUT2D eigenvalue weighted by Gasteiger charge is -2.35. The number of carbonyl (C=O) groups excluding carboxylic acids is 1. The summed E-state index contributed by atoms with van der Waals surface area (Å²) in [5.74, 6) is -0.364. The highest BCUT2D eigenvalue weighted by Gasteiger charge is 2.32. The van der Waals surface area contributed by atoms with Crippen LogP contribution in [0.25, 0.3) is 0 Å². The Morgan fingerprint density at radius 3 is 2.53 bits per heavy atom. The van der Waals surface area contributed by atoms with Gasteiger partial charge >= 0.3 is 12.0 Å². The molecule has 108 valence electrons. The number of rotatable bonds is 5. The molecule has 2 fully saturated rings. The maximum Gasteiger partial charge on any atom is 0.323 e. The Balaban J connectivity index is 1.94. The van der Waals surface area contributed by atoms with Crippen LogP contribution in [0, 0.1) is 11.8 Å². The fourth-order valence-electron chi connectivity index (χ4n) is 2.57. The molecular weight excluding hydrogens is 248 g/mol. The smallest absolute Gasteiger partial charge is 0.323 e. The van der Waals surface area contributed by atoms with Crippen molar-refractivity contribution in [3.8, 4) is 0 Å². The van der Waals surface area contributed by atoms with Crippen LogP contribution in [-0.2, 0) is 4.79 Å². The Kier molecular flexibility index (Phi) is 4.63. The largest absolute Gasteiger partial charge is 0.480 e. The van der Waals surface area contributed by atoms with Crippen molar-refractivity contribution in [1.82, 2.24) is 9.80 Å². The summed E-state index contributed by atoms with van der Waals surface area (Å²) in [6, 6.07) is -0.188.